The van der Waals surface area contributed by atoms with E-state index in [4.69, 9.17) is 4.74 Å². The van der Waals surface area contributed by atoms with Crippen LogP contribution in [0.4, 0.5) is 0 Å². The van der Waals surface area contributed by atoms with Crippen molar-refractivity contribution in [3.05, 3.63) is 144 Å². The standard InChI is InChI=1S/C29H21N3O5.C25H17N3O3/c1-14(33)31-28(35)24-22-18-7-3-5-9-20(18)30-26(22)27-23(25(24)29(31)36)19-8-4-6-10-21(19)32(27)16-11-12-17(13-16)37-15(2)34;29-13-10-9-12(11-13)28-17-8-4-2-6-15(17)19-21-20(24(30)27-25(21)31)18-14-5-1-3-7-16(14)26-22(18)23(19)28/h3-12,16-17,30H,13H2,1-2H3;1-10,12-13,26,29H,11H2,(H,27,30,31)/t16?,17-;12?,13-/m11/s1. The van der Waals surface area contributed by atoms with E-state index in [1.54, 1.807) is 0 Å². The number of H-pyrrole nitrogens is 2. The molecule has 6 heterocycles. The molecule has 0 saturated carbocycles. The van der Waals surface area contributed by atoms with Gasteiger partial charge in [-0.2, -0.15) is 0 Å². The second-order valence-electron chi connectivity index (χ2n) is 17.9. The van der Waals surface area contributed by atoms with Gasteiger partial charge in [-0.15, -0.1) is 0 Å². The number of aromatic amines is 2. The molecule has 68 heavy (non-hydrogen) atoms. The molecule has 2 unspecified atom stereocenters. The normalized spacial score (nSPS) is 19.8. The van der Waals surface area contributed by atoms with Crippen molar-refractivity contribution in [3.8, 4) is 0 Å². The second kappa shape index (κ2) is 14.2. The van der Waals surface area contributed by atoms with Crippen molar-refractivity contribution < 1.29 is 38.6 Å². The molecule has 14 nitrogen and oxygen atoms in total. The number of nitrogens with zero attached hydrogens (tertiary/aromatic N) is 3. The van der Waals surface area contributed by atoms with Crippen LogP contribution >= 0.6 is 0 Å². The monoisotopic (exact) mass is 898 g/mol. The van der Waals surface area contributed by atoms with E-state index >= 15 is 0 Å². The fourth-order valence-electron chi connectivity index (χ4n) is 11.6. The van der Waals surface area contributed by atoms with Crippen molar-refractivity contribution in [1.29, 1.82) is 0 Å². The number of ether oxygens (including phenoxy) is 1. The molecule has 4 N–H and O–H groups in total. The molecule has 14 rings (SSSR count). The molecular weight excluding hydrogens is 861 g/mol. The quantitative estimate of drug-likeness (QED) is 0.0767. The minimum Gasteiger partial charge on any atom is -0.458 e. The average molecular weight is 899 g/mol. The van der Waals surface area contributed by atoms with Crippen LogP contribution < -0.4 is 5.32 Å². The van der Waals surface area contributed by atoms with E-state index in [1.807, 2.05) is 121 Å². The summed E-state index contributed by atoms with van der Waals surface area (Å²) < 4.78 is 9.80. The Kier molecular flexibility index (Phi) is 8.29. The average Bonchev–Trinajstić information content (AvgIpc) is 4.21. The lowest BCUT2D eigenvalue weighted by Crippen LogP contribution is -2.34. The van der Waals surface area contributed by atoms with Crippen LogP contribution in [0.1, 0.15) is 80.2 Å². The number of hydrogen-bond donors (Lipinski definition) is 4. The first kappa shape index (κ1) is 39.7. The Hall–Kier alpha value is -8.62. The van der Waals surface area contributed by atoms with E-state index in [0.29, 0.717) is 34.7 Å². The number of imide groups is 4. The van der Waals surface area contributed by atoms with Crippen LogP contribution in [0.5, 0.6) is 0 Å². The number of benzene rings is 6. The van der Waals surface area contributed by atoms with Crippen LogP contribution in [-0.4, -0.2) is 76.8 Å². The van der Waals surface area contributed by atoms with E-state index in [-0.39, 0.29) is 47.1 Å². The summed E-state index contributed by atoms with van der Waals surface area (Å²) in [7, 11) is 0. The molecule has 10 aromatic rings. The van der Waals surface area contributed by atoms with Gasteiger partial charge in [0, 0.05) is 91.8 Å². The number of fused-ring (bicyclic) bond motifs is 20. The van der Waals surface area contributed by atoms with Gasteiger partial charge in [0.2, 0.25) is 5.91 Å². The second-order valence-corrected chi connectivity index (χ2v) is 17.9. The Morgan fingerprint density at radius 3 is 1.54 bits per heavy atom. The smallest absolute Gasteiger partial charge is 0.303 e. The molecule has 0 saturated heterocycles. The predicted molar refractivity (Wildman–Crippen MR) is 258 cm³/mol. The van der Waals surface area contributed by atoms with Gasteiger partial charge >= 0.3 is 5.97 Å². The van der Waals surface area contributed by atoms with Crippen LogP contribution in [0, 0.1) is 0 Å². The number of rotatable bonds is 3. The van der Waals surface area contributed by atoms with Gasteiger partial charge in [-0.3, -0.25) is 34.1 Å². The number of aliphatic hydroxyl groups excluding tert-OH is 1. The lowest BCUT2D eigenvalue weighted by Gasteiger charge is -2.17. The number of nitrogens with one attached hydrogen (secondary N) is 3. The van der Waals surface area contributed by atoms with Gasteiger partial charge in [0.25, 0.3) is 23.6 Å². The zero-order valence-electron chi connectivity index (χ0n) is 36.4. The molecule has 4 aromatic heterocycles. The minimum absolute atomic E-state index is 0.0507. The summed E-state index contributed by atoms with van der Waals surface area (Å²) in [6, 6.07) is 30.9. The largest absolute Gasteiger partial charge is 0.458 e. The first-order valence-corrected chi connectivity index (χ1v) is 22.4. The molecule has 14 heteroatoms. The molecule has 0 fully saturated rings. The van der Waals surface area contributed by atoms with Crippen LogP contribution in [0.2, 0.25) is 0 Å². The van der Waals surface area contributed by atoms with Crippen LogP contribution in [0.25, 0.3) is 87.2 Å². The number of amides is 5. The number of aromatic nitrogens is 4. The van der Waals surface area contributed by atoms with E-state index < -0.39 is 23.8 Å². The van der Waals surface area contributed by atoms with Gasteiger partial charge in [0.05, 0.1) is 62.5 Å². The highest BCUT2D eigenvalue weighted by Gasteiger charge is 2.44. The van der Waals surface area contributed by atoms with E-state index in [2.05, 4.69) is 24.4 Å². The van der Waals surface area contributed by atoms with Gasteiger partial charge in [-0.05, 0) is 30.3 Å². The summed E-state index contributed by atoms with van der Waals surface area (Å²) in [5.74, 6) is -2.88. The molecule has 332 valence electrons. The van der Waals surface area contributed by atoms with Crippen molar-refractivity contribution in [2.24, 2.45) is 0 Å². The maximum atomic E-state index is 13.7. The molecular formula is C54H38N6O8. The Balaban J connectivity index is 0.000000136. The molecule has 0 spiro atoms. The van der Waals surface area contributed by atoms with Gasteiger partial charge in [-0.25, -0.2) is 4.90 Å². The molecule has 0 bridgehead atoms. The molecule has 4 aliphatic rings. The third-order valence-corrected chi connectivity index (χ3v) is 14.1. The fourth-order valence-corrected chi connectivity index (χ4v) is 11.6. The minimum atomic E-state index is -0.612. The fraction of sp³-hybridized carbons (Fsp3) is 0.148. The molecule has 6 aromatic carbocycles. The SMILES string of the molecule is CC(=O)O[C@@H]1C=CC(n2c3ccccc3c3c4c(c5c6ccccc6[nH]c5c32)C(=O)N(C(C)=O)C4=O)C1.O=C1NC(=O)c2c1c1c3ccccc3[nH]c1c1c2c2ccccc2n1C1C=C[C@@H](O)C1. The third-order valence-electron chi connectivity index (χ3n) is 14.1. The Morgan fingerprint density at radius 1 is 0.559 bits per heavy atom. The molecule has 2 aliphatic heterocycles. The summed E-state index contributed by atoms with van der Waals surface area (Å²) in [5, 5.41) is 19.0. The van der Waals surface area contributed by atoms with Gasteiger partial charge in [0.15, 0.2) is 0 Å². The number of carbonyl (C=O) groups is 6. The Morgan fingerprint density at radius 2 is 1.01 bits per heavy atom. The number of para-hydroxylation sites is 4. The number of allylic oxidation sites excluding steroid dienone is 2. The number of aliphatic hydroxyl groups is 1. The van der Waals surface area contributed by atoms with Gasteiger partial charge in [0.1, 0.15) is 6.10 Å². The summed E-state index contributed by atoms with van der Waals surface area (Å²) in [4.78, 5) is 85.0. The third kappa shape index (κ3) is 5.31. The van der Waals surface area contributed by atoms with E-state index in [9.17, 15) is 33.9 Å². The lowest BCUT2D eigenvalue weighted by atomic mass is 9.96. The summed E-state index contributed by atoms with van der Waals surface area (Å²) in [5.41, 5.74) is 8.20. The lowest BCUT2D eigenvalue weighted by molar-refractivity contribution is -0.144. The van der Waals surface area contributed by atoms with Crippen LogP contribution in [0.15, 0.2) is 121 Å². The summed E-state index contributed by atoms with van der Waals surface area (Å²) >= 11 is 0. The highest BCUT2D eigenvalue weighted by molar-refractivity contribution is 6.42. The molecule has 5 amide bonds. The van der Waals surface area contributed by atoms with Gasteiger partial charge < -0.3 is 28.9 Å². The number of hydrogen-bond acceptors (Lipinski definition) is 8. The molecule has 0 radical (unpaired) electrons. The predicted octanol–water partition coefficient (Wildman–Crippen LogP) is 9.18. The maximum absolute atomic E-state index is 13.7. The number of esters is 1. The first-order chi connectivity index (χ1) is 33.0. The van der Waals surface area contributed by atoms with Crippen molar-refractivity contribution in [2.45, 2.75) is 51.0 Å². The van der Waals surface area contributed by atoms with E-state index in [0.717, 1.165) is 81.4 Å². The number of carbonyl (C=O) groups excluding carboxylic acids is 6. The highest BCUT2D eigenvalue weighted by atomic mass is 16.5. The molecule has 4 atom stereocenters. The van der Waals surface area contributed by atoms with Crippen molar-refractivity contribution in [2.75, 3.05) is 0 Å². The summed E-state index contributed by atoms with van der Waals surface area (Å²) in [6.07, 6.45) is 7.98. The van der Waals surface area contributed by atoms with Crippen LogP contribution in [-0.2, 0) is 14.3 Å². The molecule has 2 aliphatic carbocycles. The van der Waals surface area contributed by atoms with Gasteiger partial charge in [-0.1, -0.05) is 91.0 Å². The zero-order valence-corrected chi connectivity index (χ0v) is 36.4. The Bertz CT molecular complexity index is 4090. The Labute approximate surface area is 384 Å². The van der Waals surface area contributed by atoms with E-state index in [1.165, 1.54) is 13.8 Å². The van der Waals surface area contributed by atoms with Crippen molar-refractivity contribution >= 4 is 123 Å². The first-order valence-electron chi connectivity index (χ1n) is 22.4. The van der Waals surface area contributed by atoms with Crippen LogP contribution in [0.3, 0.4) is 0 Å². The maximum Gasteiger partial charge on any atom is 0.303 e. The summed E-state index contributed by atoms with van der Waals surface area (Å²) in [6.45, 7) is 2.62. The highest BCUT2D eigenvalue weighted by Crippen LogP contribution is 2.48. The topological polar surface area (TPSA) is 189 Å². The van der Waals surface area contributed by atoms with Crippen molar-refractivity contribution in [3.63, 3.8) is 0 Å². The zero-order chi connectivity index (χ0) is 46.4. The van der Waals surface area contributed by atoms with Crippen molar-refractivity contribution in [1.82, 2.24) is 29.3 Å².